The van der Waals surface area contributed by atoms with Gasteiger partial charge in [0.2, 0.25) is 0 Å². The minimum atomic E-state index is -0.328. The molecule has 1 amide bonds. The molecule has 5 heteroatoms. The highest BCUT2D eigenvalue weighted by Crippen LogP contribution is 2.21. The third-order valence-electron chi connectivity index (χ3n) is 3.71. The maximum Gasteiger partial charge on any atom is 0.277 e. The molecule has 0 aliphatic heterocycles. The topological polar surface area (TPSA) is 50.7 Å². The molecule has 0 aliphatic rings. The highest BCUT2D eigenvalue weighted by Gasteiger charge is 2.04. The van der Waals surface area contributed by atoms with Crippen LogP contribution < -0.4 is 10.2 Å². The lowest BCUT2D eigenvalue weighted by Gasteiger charge is -2.08. The molecule has 0 saturated carbocycles. The SMILES string of the molecule is Cc1cc(Cl)ccc1OCC(=O)N/N=C/c1cccc2ccccc12. The fourth-order valence-corrected chi connectivity index (χ4v) is 2.71. The van der Waals surface area contributed by atoms with Crippen LogP contribution in [0.2, 0.25) is 5.02 Å². The number of benzene rings is 3. The predicted molar refractivity (Wildman–Crippen MR) is 101 cm³/mol. The van der Waals surface area contributed by atoms with Crippen molar-refractivity contribution < 1.29 is 9.53 Å². The van der Waals surface area contributed by atoms with E-state index in [1.807, 2.05) is 49.4 Å². The first-order valence-electron chi connectivity index (χ1n) is 7.82. The van der Waals surface area contributed by atoms with E-state index >= 15 is 0 Å². The van der Waals surface area contributed by atoms with Gasteiger partial charge in [-0.25, -0.2) is 5.43 Å². The van der Waals surface area contributed by atoms with E-state index in [9.17, 15) is 4.79 Å². The number of nitrogens with one attached hydrogen (secondary N) is 1. The number of halogens is 1. The van der Waals surface area contributed by atoms with E-state index in [1.165, 1.54) is 0 Å². The minimum absolute atomic E-state index is 0.116. The van der Waals surface area contributed by atoms with Crippen molar-refractivity contribution in [3.8, 4) is 5.75 Å². The molecule has 3 aromatic rings. The van der Waals surface area contributed by atoms with Crippen LogP contribution in [0, 0.1) is 6.92 Å². The summed E-state index contributed by atoms with van der Waals surface area (Å²) in [6, 6.07) is 19.2. The Kier molecular flexibility index (Phi) is 5.31. The van der Waals surface area contributed by atoms with Crippen molar-refractivity contribution in [3.63, 3.8) is 0 Å². The molecule has 3 rings (SSSR count). The van der Waals surface area contributed by atoms with Crippen molar-refractivity contribution >= 4 is 34.5 Å². The molecule has 0 aromatic heterocycles. The maximum atomic E-state index is 11.9. The summed E-state index contributed by atoms with van der Waals surface area (Å²) in [4.78, 5) is 11.9. The minimum Gasteiger partial charge on any atom is -0.483 e. The third-order valence-corrected chi connectivity index (χ3v) is 3.95. The Bertz CT molecular complexity index is 933. The van der Waals surface area contributed by atoms with Gasteiger partial charge in [-0.3, -0.25) is 4.79 Å². The molecule has 0 aliphatic carbocycles. The van der Waals surface area contributed by atoms with Gasteiger partial charge >= 0.3 is 0 Å². The van der Waals surface area contributed by atoms with Gasteiger partial charge in [-0.1, -0.05) is 54.1 Å². The molecule has 0 spiro atoms. The molecular formula is C20H17ClN2O2. The van der Waals surface area contributed by atoms with Crippen LogP contribution >= 0.6 is 11.6 Å². The van der Waals surface area contributed by atoms with Crippen molar-refractivity contribution in [2.75, 3.05) is 6.61 Å². The summed E-state index contributed by atoms with van der Waals surface area (Å²) in [6.45, 7) is 1.76. The zero-order chi connectivity index (χ0) is 17.6. The van der Waals surface area contributed by atoms with E-state index in [4.69, 9.17) is 16.3 Å². The van der Waals surface area contributed by atoms with Crippen LogP contribution in [-0.2, 0) is 4.79 Å². The largest absolute Gasteiger partial charge is 0.483 e. The van der Waals surface area contributed by atoms with Crippen LogP contribution in [0.3, 0.4) is 0 Å². The van der Waals surface area contributed by atoms with E-state index in [1.54, 1.807) is 24.4 Å². The summed E-state index contributed by atoms with van der Waals surface area (Å²) in [7, 11) is 0. The highest BCUT2D eigenvalue weighted by atomic mass is 35.5. The lowest BCUT2D eigenvalue weighted by atomic mass is 10.1. The van der Waals surface area contributed by atoms with Gasteiger partial charge in [-0.15, -0.1) is 0 Å². The molecule has 0 radical (unpaired) electrons. The van der Waals surface area contributed by atoms with Gasteiger partial charge < -0.3 is 4.74 Å². The van der Waals surface area contributed by atoms with Crippen LogP contribution in [0.5, 0.6) is 5.75 Å². The predicted octanol–water partition coefficient (Wildman–Crippen LogP) is 4.33. The molecule has 0 heterocycles. The summed E-state index contributed by atoms with van der Waals surface area (Å²) in [6.07, 6.45) is 1.63. The number of ether oxygens (including phenoxy) is 1. The van der Waals surface area contributed by atoms with Gasteiger partial charge in [-0.05, 0) is 41.5 Å². The first-order chi connectivity index (χ1) is 12.1. The van der Waals surface area contributed by atoms with Crippen molar-refractivity contribution in [2.45, 2.75) is 6.92 Å². The number of nitrogens with zero attached hydrogens (tertiary/aromatic N) is 1. The normalized spacial score (nSPS) is 11.0. The number of fused-ring (bicyclic) bond motifs is 1. The fraction of sp³-hybridized carbons (Fsp3) is 0.100. The Balaban J connectivity index is 1.59. The van der Waals surface area contributed by atoms with Crippen molar-refractivity contribution in [1.29, 1.82) is 0 Å². The van der Waals surface area contributed by atoms with E-state index in [2.05, 4.69) is 10.5 Å². The quantitative estimate of drug-likeness (QED) is 0.549. The summed E-state index contributed by atoms with van der Waals surface area (Å²) in [5.74, 6) is 0.295. The average molecular weight is 353 g/mol. The van der Waals surface area contributed by atoms with E-state index < -0.39 is 0 Å². The Hall–Kier alpha value is -2.85. The Morgan fingerprint density at radius 3 is 2.80 bits per heavy atom. The molecule has 0 atom stereocenters. The van der Waals surface area contributed by atoms with E-state index in [0.29, 0.717) is 10.8 Å². The van der Waals surface area contributed by atoms with Crippen molar-refractivity contribution in [2.24, 2.45) is 5.10 Å². The fourth-order valence-electron chi connectivity index (χ4n) is 2.49. The van der Waals surface area contributed by atoms with Crippen molar-refractivity contribution in [1.82, 2.24) is 5.43 Å². The molecule has 25 heavy (non-hydrogen) atoms. The maximum absolute atomic E-state index is 11.9. The number of hydrogen-bond donors (Lipinski definition) is 1. The van der Waals surface area contributed by atoms with Gasteiger partial charge in [0.15, 0.2) is 6.61 Å². The molecule has 0 fully saturated rings. The van der Waals surface area contributed by atoms with Crippen LogP contribution in [0.25, 0.3) is 10.8 Å². The molecular weight excluding hydrogens is 336 g/mol. The first kappa shape index (κ1) is 17.0. The average Bonchev–Trinajstić information content (AvgIpc) is 2.61. The van der Waals surface area contributed by atoms with Crippen LogP contribution in [0.1, 0.15) is 11.1 Å². The second kappa shape index (κ2) is 7.81. The Morgan fingerprint density at radius 2 is 1.96 bits per heavy atom. The molecule has 0 unspecified atom stereocenters. The van der Waals surface area contributed by atoms with Crippen LogP contribution in [-0.4, -0.2) is 18.7 Å². The zero-order valence-corrected chi connectivity index (χ0v) is 14.5. The highest BCUT2D eigenvalue weighted by molar-refractivity contribution is 6.30. The number of carbonyl (C=O) groups excluding carboxylic acids is 1. The number of aryl methyl sites for hydroxylation is 1. The van der Waals surface area contributed by atoms with E-state index in [-0.39, 0.29) is 12.5 Å². The molecule has 0 saturated heterocycles. The number of amides is 1. The molecule has 4 nitrogen and oxygen atoms in total. The molecule has 0 bridgehead atoms. The van der Waals surface area contributed by atoms with Gasteiger partial charge in [-0.2, -0.15) is 5.10 Å². The number of hydrogen-bond acceptors (Lipinski definition) is 3. The van der Waals surface area contributed by atoms with Crippen LogP contribution in [0.15, 0.2) is 65.8 Å². The second-order valence-corrected chi connectivity index (χ2v) is 6.00. The Morgan fingerprint density at radius 1 is 1.16 bits per heavy atom. The van der Waals surface area contributed by atoms with Gasteiger partial charge in [0.25, 0.3) is 5.91 Å². The monoisotopic (exact) mass is 352 g/mol. The summed E-state index contributed by atoms with van der Waals surface area (Å²) in [5.41, 5.74) is 4.29. The van der Waals surface area contributed by atoms with Gasteiger partial charge in [0, 0.05) is 10.6 Å². The zero-order valence-electron chi connectivity index (χ0n) is 13.7. The summed E-state index contributed by atoms with van der Waals surface area (Å²) < 4.78 is 5.48. The second-order valence-electron chi connectivity index (χ2n) is 5.56. The lowest BCUT2D eigenvalue weighted by Crippen LogP contribution is -2.24. The van der Waals surface area contributed by atoms with E-state index in [0.717, 1.165) is 21.9 Å². The van der Waals surface area contributed by atoms with Gasteiger partial charge in [0.05, 0.1) is 6.21 Å². The smallest absolute Gasteiger partial charge is 0.277 e. The summed E-state index contributed by atoms with van der Waals surface area (Å²) >= 11 is 5.89. The summed E-state index contributed by atoms with van der Waals surface area (Å²) in [5, 5.41) is 6.85. The molecule has 126 valence electrons. The van der Waals surface area contributed by atoms with Crippen LogP contribution in [0.4, 0.5) is 0 Å². The molecule has 3 aromatic carbocycles. The van der Waals surface area contributed by atoms with Crippen molar-refractivity contribution in [3.05, 3.63) is 76.8 Å². The van der Waals surface area contributed by atoms with Gasteiger partial charge in [0.1, 0.15) is 5.75 Å². The Labute approximate surface area is 151 Å². The number of hydrazone groups is 1. The third kappa shape index (κ3) is 4.37. The standard InChI is InChI=1S/C20H17ClN2O2/c1-14-11-17(21)9-10-19(14)25-13-20(24)23-22-12-16-7-4-6-15-5-2-3-8-18(15)16/h2-12H,13H2,1H3,(H,23,24)/b22-12+. The number of rotatable bonds is 5. The first-order valence-corrected chi connectivity index (χ1v) is 8.20. The lowest BCUT2D eigenvalue weighted by molar-refractivity contribution is -0.123. The molecule has 1 N–H and O–H groups in total. The number of carbonyl (C=O) groups is 1.